The van der Waals surface area contributed by atoms with E-state index in [0.29, 0.717) is 0 Å². The summed E-state index contributed by atoms with van der Waals surface area (Å²) in [6.07, 6.45) is 5.87. The second-order valence-corrected chi connectivity index (χ2v) is 4.87. The van der Waals surface area contributed by atoms with Crippen LogP contribution in [0.2, 0.25) is 0 Å². The van der Waals surface area contributed by atoms with Gasteiger partial charge in [0.1, 0.15) is 0 Å². The third-order valence-corrected chi connectivity index (χ3v) is 3.55. The van der Waals surface area contributed by atoms with Gasteiger partial charge in [-0.15, -0.1) is 0 Å². The molecule has 0 unspecified atom stereocenters. The molecular weight excluding hydrogens is 274 g/mol. The quantitative estimate of drug-likeness (QED) is 0.713. The number of fused-ring (bicyclic) bond motifs is 1. The van der Waals surface area contributed by atoms with Crippen LogP contribution in [0.15, 0.2) is 54.7 Å². The highest BCUT2D eigenvalue weighted by atomic mass is 16.5. The minimum absolute atomic E-state index is 0.718. The molecule has 0 saturated heterocycles. The fourth-order valence-electron chi connectivity index (χ4n) is 2.41. The molecule has 3 nitrogen and oxygen atoms in total. The maximum Gasteiger partial charge on any atom is 0.161 e. The molecule has 1 heterocycles. The number of ether oxygens (including phenoxy) is 2. The van der Waals surface area contributed by atoms with Gasteiger partial charge in [-0.25, -0.2) is 0 Å². The van der Waals surface area contributed by atoms with E-state index < -0.39 is 0 Å². The zero-order valence-corrected chi connectivity index (χ0v) is 12.6. The molecule has 3 heteroatoms. The number of nitrogens with zero attached hydrogens (tertiary/aromatic N) is 1. The van der Waals surface area contributed by atoms with Crippen LogP contribution in [0.4, 0.5) is 0 Å². The fourth-order valence-corrected chi connectivity index (χ4v) is 2.41. The average Bonchev–Trinajstić information content (AvgIpc) is 2.59. The lowest BCUT2D eigenvalue weighted by Crippen LogP contribution is -1.90. The summed E-state index contributed by atoms with van der Waals surface area (Å²) < 4.78 is 10.6. The molecule has 0 amide bonds. The predicted octanol–water partition coefficient (Wildman–Crippen LogP) is 4.42. The van der Waals surface area contributed by atoms with Crippen molar-refractivity contribution in [3.63, 3.8) is 0 Å². The average molecular weight is 291 g/mol. The van der Waals surface area contributed by atoms with Crippen molar-refractivity contribution in [2.24, 2.45) is 0 Å². The topological polar surface area (TPSA) is 31.4 Å². The first kappa shape index (κ1) is 14.1. The Balaban J connectivity index is 1.96. The summed E-state index contributed by atoms with van der Waals surface area (Å²) in [5.74, 6) is 1.44. The van der Waals surface area contributed by atoms with Crippen LogP contribution in [-0.2, 0) is 0 Å². The summed E-state index contributed by atoms with van der Waals surface area (Å²) in [6.45, 7) is 0. The molecule has 110 valence electrons. The molecule has 2 aromatic carbocycles. The number of pyridine rings is 1. The minimum Gasteiger partial charge on any atom is -0.493 e. The van der Waals surface area contributed by atoms with E-state index in [1.807, 2.05) is 54.7 Å². The Morgan fingerprint density at radius 1 is 0.864 bits per heavy atom. The molecule has 0 radical (unpaired) electrons. The van der Waals surface area contributed by atoms with E-state index in [9.17, 15) is 0 Å². The Bertz CT molecular complexity index is 819. The zero-order chi connectivity index (χ0) is 15.4. The molecule has 0 atom stereocenters. The number of hydrogen-bond donors (Lipinski definition) is 0. The SMILES string of the molecule is COc1ccc(/C=C\c2nccc3ccccc23)cc1OC. The van der Waals surface area contributed by atoms with Crippen LogP contribution in [0.3, 0.4) is 0 Å². The second-order valence-electron chi connectivity index (χ2n) is 4.87. The van der Waals surface area contributed by atoms with Gasteiger partial charge in [0, 0.05) is 11.6 Å². The molecule has 22 heavy (non-hydrogen) atoms. The van der Waals surface area contributed by atoms with Crippen LogP contribution < -0.4 is 9.47 Å². The van der Waals surface area contributed by atoms with Crippen molar-refractivity contribution < 1.29 is 9.47 Å². The van der Waals surface area contributed by atoms with Crippen molar-refractivity contribution in [2.75, 3.05) is 14.2 Å². The van der Waals surface area contributed by atoms with E-state index in [2.05, 4.69) is 17.1 Å². The Morgan fingerprint density at radius 2 is 1.68 bits per heavy atom. The van der Waals surface area contributed by atoms with Crippen molar-refractivity contribution in [2.45, 2.75) is 0 Å². The molecule has 0 fully saturated rings. The van der Waals surface area contributed by atoms with Crippen molar-refractivity contribution in [3.8, 4) is 11.5 Å². The monoisotopic (exact) mass is 291 g/mol. The summed E-state index contributed by atoms with van der Waals surface area (Å²) in [5.41, 5.74) is 1.99. The Hall–Kier alpha value is -2.81. The lowest BCUT2D eigenvalue weighted by atomic mass is 10.1. The highest BCUT2D eigenvalue weighted by Crippen LogP contribution is 2.28. The molecule has 0 saturated carbocycles. The summed E-state index contributed by atoms with van der Waals surface area (Å²) in [5, 5.41) is 2.33. The maximum absolute atomic E-state index is 5.32. The van der Waals surface area contributed by atoms with E-state index in [1.54, 1.807) is 14.2 Å². The Morgan fingerprint density at radius 3 is 2.50 bits per heavy atom. The fraction of sp³-hybridized carbons (Fsp3) is 0.105. The van der Waals surface area contributed by atoms with Crippen molar-refractivity contribution in [3.05, 3.63) is 66.0 Å². The highest BCUT2D eigenvalue weighted by molar-refractivity contribution is 5.91. The van der Waals surface area contributed by atoms with Gasteiger partial charge < -0.3 is 9.47 Å². The van der Waals surface area contributed by atoms with E-state index in [4.69, 9.17) is 9.47 Å². The van der Waals surface area contributed by atoms with Crippen LogP contribution in [-0.4, -0.2) is 19.2 Å². The molecule has 0 N–H and O–H groups in total. The largest absolute Gasteiger partial charge is 0.493 e. The van der Waals surface area contributed by atoms with Crippen LogP contribution in [0, 0.1) is 0 Å². The molecular formula is C19H17NO2. The molecule has 3 rings (SSSR count). The number of methoxy groups -OCH3 is 2. The van der Waals surface area contributed by atoms with Gasteiger partial charge in [-0.1, -0.05) is 36.4 Å². The summed E-state index contributed by atoms with van der Waals surface area (Å²) in [7, 11) is 3.27. The molecule has 0 bridgehead atoms. The van der Waals surface area contributed by atoms with E-state index >= 15 is 0 Å². The van der Waals surface area contributed by atoms with Gasteiger partial charge in [0.05, 0.1) is 19.9 Å². The summed E-state index contributed by atoms with van der Waals surface area (Å²) in [4.78, 5) is 4.46. The Labute approximate surface area is 129 Å². The van der Waals surface area contributed by atoms with Gasteiger partial charge in [0.2, 0.25) is 0 Å². The maximum atomic E-state index is 5.32. The van der Waals surface area contributed by atoms with E-state index in [-0.39, 0.29) is 0 Å². The van der Waals surface area contributed by atoms with E-state index in [0.717, 1.165) is 28.1 Å². The van der Waals surface area contributed by atoms with Crippen LogP contribution in [0.5, 0.6) is 11.5 Å². The number of rotatable bonds is 4. The predicted molar refractivity (Wildman–Crippen MR) is 90.2 cm³/mol. The number of hydrogen-bond acceptors (Lipinski definition) is 3. The summed E-state index contributed by atoms with van der Waals surface area (Å²) >= 11 is 0. The molecule has 0 aliphatic carbocycles. The molecule has 0 aliphatic rings. The van der Waals surface area contributed by atoms with Gasteiger partial charge in [-0.05, 0) is 35.2 Å². The number of aromatic nitrogens is 1. The van der Waals surface area contributed by atoms with Crippen molar-refractivity contribution in [1.29, 1.82) is 0 Å². The first-order chi connectivity index (χ1) is 10.8. The van der Waals surface area contributed by atoms with Crippen LogP contribution in [0.25, 0.3) is 22.9 Å². The second kappa shape index (κ2) is 6.31. The standard InChI is InChI=1S/C19H17NO2/c1-21-18-10-8-14(13-19(18)22-2)7-9-17-16-6-4-3-5-15(16)11-12-20-17/h3-13H,1-2H3/b9-7-. The third-order valence-electron chi connectivity index (χ3n) is 3.55. The first-order valence-electron chi connectivity index (χ1n) is 7.05. The lowest BCUT2D eigenvalue weighted by Gasteiger charge is -2.07. The minimum atomic E-state index is 0.718. The van der Waals surface area contributed by atoms with Gasteiger partial charge >= 0.3 is 0 Å². The third kappa shape index (κ3) is 2.79. The summed E-state index contributed by atoms with van der Waals surface area (Å²) in [6, 6.07) is 16.1. The number of benzene rings is 2. The normalized spacial score (nSPS) is 11.0. The Kier molecular flexibility index (Phi) is 4.05. The van der Waals surface area contributed by atoms with Crippen LogP contribution in [0.1, 0.15) is 11.3 Å². The van der Waals surface area contributed by atoms with Crippen LogP contribution >= 0.6 is 0 Å². The zero-order valence-electron chi connectivity index (χ0n) is 12.6. The molecule has 3 aromatic rings. The van der Waals surface area contributed by atoms with Crippen molar-refractivity contribution >= 4 is 22.9 Å². The van der Waals surface area contributed by atoms with Gasteiger partial charge in [-0.2, -0.15) is 0 Å². The first-order valence-corrected chi connectivity index (χ1v) is 7.05. The smallest absolute Gasteiger partial charge is 0.161 e. The molecule has 0 aliphatic heterocycles. The van der Waals surface area contributed by atoms with Gasteiger partial charge in [-0.3, -0.25) is 4.98 Å². The lowest BCUT2D eigenvalue weighted by molar-refractivity contribution is 0.355. The van der Waals surface area contributed by atoms with Crippen molar-refractivity contribution in [1.82, 2.24) is 4.98 Å². The highest BCUT2D eigenvalue weighted by Gasteiger charge is 2.03. The van der Waals surface area contributed by atoms with Gasteiger partial charge in [0.25, 0.3) is 0 Å². The molecule has 0 spiro atoms. The molecule has 1 aromatic heterocycles. The van der Waals surface area contributed by atoms with Gasteiger partial charge in [0.15, 0.2) is 11.5 Å². The van der Waals surface area contributed by atoms with E-state index in [1.165, 1.54) is 5.39 Å².